The highest BCUT2D eigenvalue weighted by atomic mass is 16.4. The maximum atomic E-state index is 8.79. The van der Waals surface area contributed by atoms with Gasteiger partial charge in [0.25, 0.3) is 0 Å². The Morgan fingerprint density at radius 3 is 2.73 bits per heavy atom. The predicted molar refractivity (Wildman–Crippen MR) is 48.7 cm³/mol. The first-order valence-electron chi connectivity index (χ1n) is 4.63. The third kappa shape index (κ3) is 2.18. The summed E-state index contributed by atoms with van der Waals surface area (Å²) in [5.41, 5.74) is 0.519. The smallest absolute Gasteiger partial charge is 0.237 e. The summed E-state index contributed by atoms with van der Waals surface area (Å²) in [6, 6.07) is 0. The van der Waals surface area contributed by atoms with E-state index in [4.69, 9.17) is 9.52 Å². The van der Waals surface area contributed by atoms with E-state index in [9.17, 15) is 0 Å². The summed E-state index contributed by atoms with van der Waals surface area (Å²) < 4.78 is 6.85. The largest absolute Gasteiger partial charge is 0.423 e. The van der Waals surface area contributed by atoms with Crippen molar-refractivity contribution in [3.05, 3.63) is 23.7 Å². The van der Waals surface area contributed by atoms with E-state index in [0.717, 1.165) is 0 Å². The van der Waals surface area contributed by atoms with Crippen LogP contribution in [-0.2, 0) is 19.6 Å². The number of rotatable bonds is 4. The van der Waals surface area contributed by atoms with Crippen LogP contribution in [0.2, 0.25) is 0 Å². The zero-order valence-corrected chi connectivity index (χ0v) is 8.29. The van der Waals surface area contributed by atoms with Gasteiger partial charge in [-0.2, -0.15) is 0 Å². The second-order valence-electron chi connectivity index (χ2n) is 3.01. The highest BCUT2D eigenvalue weighted by Gasteiger charge is 2.06. The Bertz CT molecular complexity index is 395. The lowest BCUT2D eigenvalue weighted by molar-refractivity contribution is 0.276. The molecule has 7 nitrogen and oxygen atoms in total. The summed E-state index contributed by atoms with van der Waals surface area (Å²) in [5, 5.41) is 24.0. The van der Waals surface area contributed by atoms with Crippen molar-refractivity contribution in [1.29, 1.82) is 0 Å². The van der Waals surface area contributed by atoms with Gasteiger partial charge in [0.1, 0.15) is 12.2 Å². The summed E-state index contributed by atoms with van der Waals surface area (Å²) in [7, 11) is 0. The van der Waals surface area contributed by atoms with Crippen molar-refractivity contribution in [2.75, 3.05) is 0 Å². The van der Waals surface area contributed by atoms with Crippen LogP contribution >= 0.6 is 0 Å². The molecular weight excluding hydrogens is 198 g/mol. The molecule has 0 bridgehead atoms. The van der Waals surface area contributed by atoms with Crippen LogP contribution in [0.3, 0.4) is 0 Å². The van der Waals surface area contributed by atoms with Gasteiger partial charge in [-0.3, -0.25) is 0 Å². The monoisotopic (exact) mass is 209 g/mol. The molecule has 0 amide bonds. The van der Waals surface area contributed by atoms with E-state index in [-0.39, 0.29) is 6.61 Å². The molecule has 2 aromatic heterocycles. The second-order valence-corrected chi connectivity index (χ2v) is 3.01. The number of hydrogen-bond donors (Lipinski definition) is 1. The van der Waals surface area contributed by atoms with Crippen molar-refractivity contribution in [2.24, 2.45) is 0 Å². The first-order chi connectivity index (χ1) is 7.31. The van der Waals surface area contributed by atoms with E-state index in [2.05, 4.69) is 20.5 Å². The summed E-state index contributed by atoms with van der Waals surface area (Å²) in [4.78, 5) is 0. The highest BCUT2D eigenvalue weighted by Crippen LogP contribution is 2.02. The molecule has 0 aliphatic heterocycles. The molecule has 2 heterocycles. The minimum Gasteiger partial charge on any atom is -0.423 e. The molecule has 2 rings (SSSR count). The lowest BCUT2D eigenvalue weighted by Crippen LogP contribution is -2.00. The van der Waals surface area contributed by atoms with Crippen LogP contribution in [0, 0.1) is 0 Å². The number of aliphatic hydroxyl groups excluding tert-OH is 1. The Kier molecular flexibility index (Phi) is 2.72. The topological polar surface area (TPSA) is 89.9 Å². The van der Waals surface area contributed by atoms with Crippen LogP contribution in [0.25, 0.3) is 0 Å². The van der Waals surface area contributed by atoms with Crippen LogP contribution in [0.4, 0.5) is 0 Å². The van der Waals surface area contributed by atoms with Crippen molar-refractivity contribution in [1.82, 2.24) is 25.2 Å². The predicted octanol–water partition coefficient (Wildman–Crippen LogP) is -0.236. The van der Waals surface area contributed by atoms with Gasteiger partial charge in [-0.1, -0.05) is 12.1 Å². The second kappa shape index (κ2) is 4.18. The van der Waals surface area contributed by atoms with Crippen molar-refractivity contribution in [3.63, 3.8) is 0 Å². The molecular formula is C8H11N5O2. The van der Waals surface area contributed by atoms with Crippen LogP contribution < -0.4 is 0 Å². The molecule has 0 atom stereocenters. The van der Waals surface area contributed by atoms with Gasteiger partial charge in [0.05, 0.1) is 12.8 Å². The van der Waals surface area contributed by atoms with E-state index >= 15 is 0 Å². The third-order valence-electron chi connectivity index (χ3n) is 1.86. The van der Waals surface area contributed by atoms with Crippen molar-refractivity contribution >= 4 is 0 Å². The molecule has 2 aromatic rings. The summed E-state index contributed by atoms with van der Waals surface area (Å²) in [6.07, 6.45) is 2.35. The minimum absolute atomic E-state index is 0.121. The van der Waals surface area contributed by atoms with Gasteiger partial charge in [-0.05, 0) is 0 Å². The normalized spacial score (nSPS) is 10.8. The molecule has 0 unspecified atom stereocenters. The molecule has 80 valence electrons. The van der Waals surface area contributed by atoms with Gasteiger partial charge in [-0.25, -0.2) is 4.68 Å². The van der Waals surface area contributed by atoms with Gasteiger partial charge in [0, 0.05) is 6.42 Å². The van der Waals surface area contributed by atoms with Gasteiger partial charge in [0.2, 0.25) is 11.8 Å². The molecule has 0 saturated carbocycles. The van der Waals surface area contributed by atoms with Crippen LogP contribution in [0.15, 0.2) is 10.6 Å². The molecule has 0 radical (unpaired) electrons. The number of aromatic nitrogens is 5. The maximum absolute atomic E-state index is 8.79. The Morgan fingerprint density at radius 2 is 2.13 bits per heavy atom. The number of hydrogen-bond acceptors (Lipinski definition) is 6. The molecule has 0 fully saturated rings. The summed E-state index contributed by atoms with van der Waals surface area (Å²) in [6.45, 7) is 2.20. The van der Waals surface area contributed by atoms with E-state index in [0.29, 0.717) is 30.4 Å². The van der Waals surface area contributed by atoms with Gasteiger partial charge >= 0.3 is 0 Å². The van der Waals surface area contributed by atoms with Crippen molar-refractivity contribution in [3.8, 4) is 0 Å². The van der Waals surface area contributed by atoms with Crippen LogP contribution in [0.1, 0.15) is 24.4 Å². The zero-order valence-electron chi connectivity index (χ0n) is 8.29. The quantitative estimate of drug-likeness (QED) is 0.747. The fraction of sp³-hybridized carbons (Fsp3) is 0.500. The molecule has 0 aliphatic rings. The Morgan fingerprint density at radius 1 is 1.33 bits per heavy atom. The van der Waals surface area contributed by atoms with E-state index < -0.39 is 0 Å². The number of nitrogens with zero attached hydrogens (tertiary/aromatic N) is 5. The Balaban J connectivity index is 2.07. The van der Waals surface area contributed by atoms with E-state index in [1.807, 2.05) is 6.92 Å². The third-order valence-corrected chi connectivity index (χ3v) is 1.86. The van der Waals surface area contributed by atoms with Crippen LogP contribution in [0.5, 0.6) is 0 Å². The molecule has 0 saturated heterocycles. The molecule has 15 heavy (non-hydrogen) atoms. The standard InChI is InChI=1S/C8H11N5O2/c1-2-7-10-11-8(15-7)4-13-3-6(5-14)9-12-13/h3,14H,2,4-5H2,1H3. The lowest BCUT2D eigenvalue weighted by Gasteiger charge is -1.92. The average Bonchev–Trinajstić information content (AvgIpc) is 2.87. The number of aliphatic hydroxyl groups is 1. The Labute approximate surface area is 85.7 Å². The fourth-order valence-electron chi connectivity index (χ4n) is 1.12. The van der Waals surface area contributed by atoms with E-state index in [1.54, 1.807) is 10.9 Å². The van der Waals surface area contributed by atoms with Crippen LogP contribution in [-0.4, -0.2) is 30.3 Å². The van der Waals surface area contributed by atoms with Crippen molar-refractivity contribution in [2.45, 2.75) is 26.5 Å². The molecule has 0 aromatic carbocycles. The Hall–Kier alpha value is -1.76. The molecule has 7 heteroatoms. The number of aryl methyl sites for hydroxylation is 1. The summed E-state index contributed by atoms with van der Waals surface area (Å²) in [5.74, 6) is 1.09. The van der Waals surface area contributed by atoms with Crippen molar-refractivity contribution < 1.29 is 9.52 Å². The fourth-order valence-corrected chi connectivity index (χ4v) is 1.12. The minimum atomic E-state index is -0.121. The first-order valence-corrected chi connectivity index (χ1v) is 4.63. The van der Waals surface area contributed by atoms with Gasteiger partial charge in [0.15, 0.2) is 0 Å². The average molecular weight is 209 g/mol. The van der Waals surface area contributed by atoms with Gasteiger partial charge in [-0.15, -0.1) is 15.3 Å². The van der Waals surface area contributed by atoms with E-state index in [1.165, 1.54) is 0 Å². The zero-order chi connectivity index (χ0) is 10.7. The maximum Gasteiger partial charge on any atom is 0.237 e. The highest BCUT2D eigenvalue weighted by molar-refractivity contribution is 4.91. The lowest BCUT2D eigenvalue weighted by atomic mass is 10.5. The SMILES string of the molecule is CCc1nnc(Cn2cc(CO)nn2)o1. The molecule has 0 aliphatic carbocycles. The first kappa shape index (κ1) is 9.78. The summed E-state index contributed by atoms with van der Waals surface area (Å²) >= 11 is 0. The molecule has 0 spiro atoms. The molecule has 1 N–H and O–H groups in total. The van der Waals surface area contributed by atoms with Gasteiger partial charge < -0.3 is 9.52 Å².